The van der Waals surface area contributed by atoms with Crippen molar-refractivity contribution in [3.8, 4) is 11.8 Å². The Labute approximate surface area is 123 Å². The first-order chi connectivity index (χ1) is 9.11. The molecular formula is C14H10FIN2O. The van der Waals surface area contributed by atoms with Gasteiger partial charge < -0.3 is 10.5 Å². The van der Waals surface area contributed by atoms with E-state index >= 15 is 0 Å². The van der Waals surface area contributed by atoms with Crippen LogP contribution in [0.3, 0.4) is 0 Å². The van der Waals surface area contributed by atoms with Gasteiger partial charge in [0.05, 0.1) is 20.9 Å². The lowest BCUT2D eigenvalue weighted by Gasteiger charge is -2.11. The third kappa shape index (κ3) is 3.15. The van der Waals surface area contributed by atoms with Crippen LogP contribution in [-0.4, -0.2) is 0 Å². The summed E-state index contributed by atoms with van der Waals surface area (Å²) in [6.07, 6.45) is 0. The maximum absolute atomic E-state index is 13.5. The van der Waals surface area contributed by atoms with Crippen molar-refractivity contribution in [3.63, 3.8) is 0 Å². The van der Waals surface area contributed by atoms with Crippen LogP contribution in [0.1, 0.15) is 11.1 Å². The van der Waals surface area contributed by atoms with Crippen LogP contribution >= 0.6 is 22.6 Å². The van der Waals surface area contributed by atoms with Crippen LogP contribution in [0.2, 0.25) is 0 Å². The van der Waals surface area contributed by atoms with Crippen LogP contribution in [0.15, 0.2) is 36.4 Å². The fraction of sp³-hybridized carbons (Fsp3) is 0.0714. The van der Waals surface area contributed by atoms with Gasteiger partial charge in [0.15, 0.2) is 5.75 Å². The molecule has 2 aromatic carbocycles. The smallest absolute Gasteiger partial charge is 0.156 e. The van der Waals surface area contributed by atoms with Gasteiger partial charge in [-0.2, -0.15) is 5.26 Å². The predicted molar refractivity (Wildman–Crippen MR) is 79.0 cm³/mol. The summed E-state index contributed by atoms with van der Waals surface area (Å²) in [5.74, 6) is 0.160. The predicted octanol–water partition coefficient (Wildman–Crippen LogP) is 3.46. The minimum absolute atomic E-state index is 0.0960. The Morgan fingerprint density at radius 2 is 2.05 bits per heavy atom. The average Bonchev–Trinajstić information content (AvgIpc) is 2.39. The number of halogens is 2. The van der Waals surface area contributed by atoms with Crippen molar-refractivity contribution in [2.45, 2.75) is 6.61 Å². The lowest BCUT2D eigenvalue weighted by atomic mass is 10.2. The molecule has 0 unspecified atom stereocenters. The Morgan fingerprint density at radius 3 is 2.68 bits per heavy atom. The molecule has 2 rings (SSSR count). The van der Waals surface area contributed by atoms with Gasteiger partial charge in [-0.15, -0.1) is 0 Å². The molecule has 0 aliphatic carbocycles. The highest BCUT2D eigenvalue weighted by Crippen LogP contribution is 2.30. The Balaban J connectivity index is 2.21. The number of rotatable bonds is 3. The van der Waals surface area contributed by atoms with Gasteiger partial charge in [0.25, 0.3) is 0 Å². The van der Waals surface area contributed by atoms with Crippen LogP contribution in [0.5, 0.6) is 5.75 Å². The molecule has 0 spiro atoms. The lowest BCUT2D eigenvalue weighted by molar-refractivity contribution is 0.299. The average molecular weight is 368 g/mol. The van der Waals surface area contributed by atoms with Gasteiger partial charge in [-0.3, -0.25) is 0 Å². The number of nitrogen functional groups attached to an aromatic ring is 1. The number of nitrogens with two attached hydrogens (primary N) is 1. The molecule has 96 valence electrons. The third-order valence-electron chi connectivity index (χ3n) is 2.53. The molecule has 0 atom stereocenters. The Hall–Kier alpha value is -1.81. The fourth-order valence-electron chi connectivity index (χ4n) is 1.60. The number of ether oxygens (including phenoxy) is 1. The SMILES string of the molecule is N#Cc1cc(N)c(OCc2ccccc2F)c(I)c1. The van der Waals surface area contributed by atoms with Crippen LogP contribution in [0, 0.1) is 20.7 Å². The second kappa shape index (κ2) is 5.89. The largest absolute Gasteiger partial charge is 0.486 e. The monoisotopic (exact) mass is 368 g/mol. The molecule has 0 fully saturated rings. The first-order valence-electron chi connectivity index (χ1n) is 5.47. The van der Waals surface area contributed by atoms with E-state index in [-0.39, 0.29) is 12.4 Å². The van der Waals surface area contributed by atoms with Crippen molar-refractivity contribution in [2.75, 3.05) is 5.73 Å². The van der Waals surface area contributed by atoms with E-state index in [4.69, 9.17) is 15.7 Å². The zero-order valence-corrected chi connectivity index (χ0v) is 12.0. The summed E-state index contributed by atoms with van der Waals surface area (Å²) in [6, 6.07) is 11.6. The highest BCUT2D eigenvalue weighted by molar-refractivity contribution is 14.1. The van der Waals surface area contributed by atoms with E-state index in [2.05, 4.69) is 0 Å². The van der Waals surface area contributed by atoms with Crippen LogP contribution < -0.4 is 10.5 Å². The highest BCUT2D eigenvalue weighted by Gasteiger charge is 2.10. The van der Waals surface area contributed by atoms with Gasteiger partial charge in [-0.1, -0.05) is 18.2 Å². The first kappa shape index (κ1) is 13.6. The van der Waals surface area contributed by atoms with Gasteiger partial charge in [-0.25, -0.2) is 4.39 Å². The Bertz CT molecular complexity index is 629. The summed E-state index contributed by atoms with van der Waals surface area (Å²) in [7, 11) is 0. The van der Waals surface area contributed by atoms with E-state index in [0.29, 0.717) is 22.6 Å². The Morgan fingerprint density at radius 1 is 1.32 bits per heavy atom. The molecule has 0 amide bonds. The van der Waals surface area contributed by atoms with Crippen molar-refractivity contribution in [1.29, 1.82) is 5.26 Å². The lowest BCUT2D eigenvalue weighted by Crippen LogP contribution is -2.02. The highest BCUT2D eigenvalue weighted by atomic mass is 127. The van der Waals surface area contributed by atoms with E-state index in [0.717, 1.165) is 3.57 Å². The molecule has 2 aromatic rings. The summed E-state index contributed by atoms with van der Waals surface area (Å²) in [6.45, 7) is 0.0960. The number of hydrogen-bond donors (Lipinski definition) is 1. The molecule has 0 aliphatic heterocycles. The maximum Gasteiger partial charge on any atom is 0.156 e. The molecule has 5 heteroatoms. The fourth-order valence-corrected chi connectivity index (χ4v) is 2.40. The van der Waals surface area contributed by atoms with Gasteiger partial charge in [0.1, 0.15) is 12.4 Å². The van der Waals surface area contributed by atoms with Crippen molar-refractivity contribution in [3.05, 3.63) is 56.9 Å². The Kier molecular flexibility index (Phi) is 4.22. The van der Waals surface area contributed by atoms with E-state index in [1.54, 1.807) is 30.3 Å². The van der Waals surface area contributed by atoms with E-state index in [1.165, 1.54) is 6.07 Å². The molecule has 0 saturated carbocycles. The van der Waals surface area contributed by atoms with Gasteiger partial charge >= 0.3 is 0 Å². The maximum atomic E-state index is 13.5. The van der Waals surface area contributed by atoms with E-state index in [1.807, 2.05) is 28.7 Å². The summed E-state index contributed by atoms with van der Waals surface area (Å²) in [5.41, 5.74) is 7.13. The minimum atomic E-state index is -0.315. The molecule has 19 heavy (non-hydrogen) atoms. The first-order valence-corrected chi connectivity index (χ1v) is 6.55. The van der Waals surface area contributed by atoms with Crippen LogP contribution in [0.4, 0.5) is 10.1 Å². The summed E-state index contributed by atoms with van der Waals surface area (Å²) < 4.78 is 19.7. The zero-order valence-electron chi connectivity index (χ0n) is 9.86. The molecule has 0 bridgehead atoms. The molecule has 0 aromatic heterocycles. The number of hydrogen-bond acceptors (Lipinski definition) is 3. The van der Waals surface area contributed by atoms with Gasteiger partial charge in [-0.05, 0) is 40.8 Å². The number of nitrogens with zero attached hydrogens (tertiary/aromatic N) is 1. The summed E-state index contributed by atoms with van der Waals surface area (Å²) in [4.78, 5) is 0. The number of nitriles is 1. The van der Waals surface area contributed by atoms with Crippen molar-refractivity contribution < 1.29 is 9.13 Å². The van der Waals surface area contributed by atoms with Crippen LogP contribution in [-0.2, 0) is 6.61 Å². The quantitative estimate of drug-likeness (QED) is 0.667. The van der Waals surface area contributed by atoms with Crippen LogP contribution in [0.25, 0.3) is 0 Å². The third-order valence-corrected chi connectivity index (χ3v) is 3.33. The molecule has 0 radical (unpaired) electrons. The van der Waals surface area contributed by atoms with Crippen molar-refractivity contribution in [2.24, 2.45) is 0 Å². The van der Waals surface area contributed by atoms with Gasteiger partial charge in [0, 0.05) is 5.56 Å². The van der Waals surface area contributed by atoms with Gasteiger partial charge in [0.2, 0.25) is 0 Å². The minimum Gasteiger partial charge on any atom is -0.486 e. The molecule has 0 saturated heterocycles. The molecule has 0 heterocycles. The second-order valence-corrected chi connectivity index (χ2v) is 5.03. The summed E-state index contributed by atoms with van der Waals surface area (Å²) >= 11 is 2.04. The normalized spacial score (nSPS) is 9.95. The number of anilines is 1. The molecule has 2 N–H and O–H groups in total. The summed E-state index contributed by atoms with van der Waals surface area (Å²) in [5, 5.41) is 8.82. The second-order valence-electron chi connectivity index (χ2n) is 3.87. The van der Waals surface area contributed by atoms with Crippen molar-refractivity contribution >= 4 is 28.3 Å². The standard InChI is InChI=1S/C14H10FIN2O/c15-11-4-2-1-3-10(11)8-19-14-12(16)5-9(7-17)6-13(14)18/h1-6H,8,18H2. The topological polar surface area (TPSA) is 59.0 Å². The zero-order chi connectivity index (χ0) is 13.8. The molecule has 0 aliphatic rings. The van der Waals surface area contributed by atoms with Crippen molar-refractivity contribution in [1.82, 2.24) is 0 Å². The van der Waals surface area contributed by atoms with E-state index < -0.39 is 0 Å². The number of benzene rings is 2. The molecule has 3 nitrogen and oxygen atoms in total. The van der Waals surface area contributed by atoms with E-state index in [9.17, 15) is 4.39 Å². The molecular weight excluding hydrogens is 358 g/mol.